The number of aryl methyl sites for hydroxylation is 1. The molecule has 0 unspecified atom stereocenters. The van der Waals surface area contributed by atoms with Crippen molar-refractivity contribution in [3.8, 4) is 0 Å². The molecule has 0 amide bonds. The van der Waals surface area contributed by atoms with E-state index in [2.05, 4.69) is 9.97 Å². The first-order chi connectivity index (χ1) is 8.58. The van der Waals surface area contributed by atoms with Crippen LogP contribution in [0.4, 0.5) is 0 Å². The smallest absolute Gasteiger partial charge is 0.185 e. The van der Waals surface area contributed by atoms with E-state index in [9.17, 15) is 4.79 Å². The van der Waals surface area contributed by atoms with E-state index in [0.29, 0.717) is 27.1 Å². The standard InChI is InChI=1S/C13H10Cl2N2O/c1-8-16-6-5-11(17-8)12(18)7-9-3-2-4-10(14)13(9)15/h2-6H,7H2,1H3. The fourth-order valence-electron chi connectivity index (χ4n) is 1.56. The fraction of sp³-hybridized carbons (Fsp3) is 0.154. The number of carbonyl (C=O) groups excluding carboxylic acids is 1. The molecule has 0 bridgehead atoms. The number of carbonyl (C=O) groups is 1. The number of benzene rings is 1. The maximum Gasteiger partial charge on any atom is 0.185 e. The molecule has 2 aromatic rings. The van der Waals surface area contributed by atoms with Gasteiger partial charge in [0.1, 0.15) is 11.5 Å². The Hall–Kier alpha value is -1.45. The molecular weight excluding hydrogens is 271 g/mol. The third-order valence-corrected chi connectivity index (χ3v) is 3.30. The molecular formula is C13H10Cl2N2O. The summed E-state index contributed by atoms with van der Waals surface area (Å²) in [6.07, 6.45) is 1.74. The van der Waals surface area contributed by atoms with Gasteiger partial charge in [0.2, 0.25) is 0 Å². The zero-order valence-corrected chi connectivity index (χ0v) is 11.2. The number of Topliss-reactive ketones (excluding diaryl/α,β-unsaturated/α-hetero) is 1. The Balaban J connectivity index is 2.24. The maximum atomic E-state index is 12.0. The number of ketones is 1. The number of nitrogens with zero attached hydrogens (tertiary/aromatic N) is 2. The van der Waals surface area contributed by atoms with Crippen LogP contribution in [-0.4, -0.2) is 15.8 Å². The highest BCUT2D eigenvalue weighted by molar-refractivity contribution is 6.42. The van der Waals surface area contributed by atoms with Gasteiger partial charge in [-0.1, -0.05) is 35.3 Å². The summed E-state index contributed by atoms with van der Waals surface area (Å²) in [4.78, 5) is 20.1. The third kappa shape index (κ3) is 2.86. The minimum atomic E-state index is -0.107. The van der Waals surface area contributed by atoms with Crippen molar-refractivity contribution in [2.24, 2.45) is 0 Å². The Morgan fingerprint density at radius 2 is 2.06 bits per heavy atom. The Morgan fingerprint density at radius 1 is 1.28 bits per heavy atom. The second-order valence-corrected chi connectivity index (χ2v) is 4.59. The summed E-state index contributed by atoms with van der Waals surface area (Å²) < 4.78 is 0. The molecule has 5 heteroatoms. The minimum Gasteiger partial charge on any atom is -0.292 e. The SMILES string of the molecule is Cc1nccc(C(=O)Cc2cccc(Cl)c2Cl)n1. The number of hydrogen-bond acceptors (Lipinski definition) is 3. The van der Waals surface area contributed by atoms with Crippen molar-refractivity contribution < 1.29 is 4.79 Å². The molecule has 0 fully saturated rings. The van der Waals surface area contributed by atoms with Crippen molar-refractivity contribution in [1.82, 2.24) is 9.97 Å². The molecule has 1 aromatic carbocycles. The van der Waals surface area contributed by atoms with Crippen LogP contribution in [0.3, 0.4) is 0 Å². The van der Waals surface area contributed by atoms with Crippen LogP contribution in [0.1, 0.15) is 21.9 Å². The summed E-state index contributed by atoms with van der Waals surface area (Å²) in [5, 5.41) is 0.860. The van der Waals surface area contributed by atoms with Crippen molar-refractivity contribution in [2.45, 2.75) is 13.3 Å². The van der Waals surface area contributed by atoms with Crippen LogP contribution in [-0.2, 0) is 6.42 Å². The van der Waals surface area contributed by atoms with Crippen LogP contribution in [0.15, 0.2) is 30.5 Å². The molecule has 0 spiro atoms. The van der Waals surface area contributed by atoms with E-state index in [0.717, 1.165) is 0 Å². The number of halogens is 2. The van der Waals surface area contributed by atoms with E-state index in [4.69, 9.17) is 23.2 Å². The summed E-state index contributed by atoms with van der Waals surface area (Å²) in [5.74, 6) is 0.461. The normalized spacial score (nSPS) is 10.4. The predicted molar refractivity (Wildman–Crippen MR) is 71.3 cm³/mol. The Labute approximate surface area is 115 Å². The Morgan fingerprint density at radius 3 is 2.78 bits per heavy atom. The fourth-order valence-corrected chi connectivity index (χ4v) is 1.95. The van der Waals surface area contributed by atoms with Crippen LogP contribution in [0, 0.1) is 6.92 Å². The molecule has 0 atom stereocenters. The molecule has 92 valence electrons. The van der Waals surface area contributed by atoms with Crippen LogP contribution in [0.25, 0.3) is 0 Å². The van der Waals surface area contributed by atoms with E-state index in [1.165, 1.54) is 0 Å². The molecule has 1 aromatic heterocycles. The van der Waals surface area contributed by atoms with E-state index in [-0.39, 0.29) is 12.2 Å². The highest BCUT2D eigenvalue weighted by Crippen LogP contribution is 2.26. The van der Waals surface area contributed by atoms with Gasteiger partial charge in [-0.3, -0.25) is 4.79 Å². The van der Waals surface area contributed by atoms with Crippen LogP contribution in [0.2, 0.25) is 10.0 Å². The first-order valence-electron chi connectivity index (χ1n) is 5.33. The van der Waals surface area contributed by atoms with Crippen LogP contribution >= 0.6 is 23.2 Å². The molecule has 0 N–H and O–H groups in total. The van der Waals surface area contributed by atoms with Gasteiger partial charge in [0.15, 0.2) is 5.78 Å². The molecule has 18 heavy (non-hydrogen) atoms. The van der Waals surface area contributed by atoms with Gasteiger partial charge in [-0.05, 0) is 24.6 Å². The average Bonchev–Trinajstić information content (AvgIpc) is 2.35. The Bertz CT molecular complexity index is 599. The average molecular weight is 281 g/mol. The van der Waals surface area contributed by atoms with Gasteiger partial charge < -0.3 is 0 Å². The number of aromatic nitrogens is 2. The van der Waals surface area contributed by atoms with Gasteiger partial charge in [0, 0.05) is 12.6 Å². The molecule has 0 saturated carbocycles. The van der Waals surface area contributed by atoms with Gasteiger partial charge in [-0.25, -0.2) is 9.97 Å². The van der Waals surface area contributed by atoms with E-state index in [1.807, 2.05) is 0 Å². The molecule has 0 aliphatic rings. The Kier molecular flexibility index (Phi) is 3.94. The van der Waals surface area contributed by atoms with Crippen molar-refractivity contribution in [3.05, 3.63) is 57.6 Å². The highest BCUT2D eigenvalue weighted by Gasteiger charge is 2.12. The maximum absolute atomic E-state index is 12.0. The first-order valence-corrected chi connectivity index (χ1v) is 6.09. The molecule has 1 heterocycles. The third-order valence-electron chi connectivity index (χ3n) is 2.44. The van der Waals surface area contributed by atoms with Crippen LogP contribution < -0.4 is 0 Å². The number of rotatable bonds is 3. The van der Waals surface area contributed by atoms with Gasteiger partial charge in [0.05, 0.1) is 10.0 Å². The van der Waals surface area contributed by atoms with Gasteiger partial charge in [0.25, 0.3) is 0 Å². The summed E-state index contributed by atoms with van der Waals surface area (Å²) >= 11 is 11.9. The largest absolute Gasteiger partial charge is 0.292 e. The highest BCUT2D eigenvalue weighted by atomic mass is 35.5. The minimum absolute atomic E-state index is 0.107. The lowest BCUT2D eigenvalue weighted by atomic mass is 10.1. The molecule has 0 aliphatic carbocycles. The van der Waals surface area contributed by atoms with Gasteiger partial charge in [-0.2, -0.15) is 0 Å². The lowest BCUT2D eigenvalue weighted by molar-refractivity contribution is 0.0988. The lowest BCUT2D eigenvalue weighted by Crippen LogP contribution is -2.07. The van der Waals surface area contributed by atoms with Crippen LogP contribution in [0.5, 0.6) is 0 Å². The van der Waals surface area contributed by atoms with E-state index >= 15 is 0 Å². The van der Waals surface area contributed by atoms with Crippen molar-refractivity contribution in [2.75, 3.05) is 0 Å². The molecule has 0 saturated heterocycles. The topological polar surface area (TPSA) is 42.9 Å². The lowest BCUT2D eigenvalue weighted by Gasteiger charge is -2.05. The molecule has 2 rings (SSSR count). The van der Waals surface area contributed by atoms with Gasteiger partial charge in [-0.15, -0.1) is 0 Å². The predicted octanol–water partition coefficient (Wildman–Crippen LogP) is 3.52. The monoisotopic (exact) mass is 280 g/mol. The zero-order valence-electron chi connectivity index (χ0n) is 9.65. The molecule has 3 nitrogen and oxygen atoms in total. The second-order valence-electron chi connectivity index (χ2n) is 3.80. The quantitative estimate of drug-likeness (QED) is 0.808. The second kappa shape index (κ2) is 5.46. The summed E-state index contributed by atoms with van der Waals surface area (Å²) in [5.41, 5.74) is 1.09. The van der Waals surface area contributed by atoms with Crippen molar-refractivity contribution in [1.29, 1.82) is 0 Å². The molecule has 0 radical (unpaired) electrons. The van der Waals surface area contributed by atoms with E-state index in [1.54, 1.807) is 37.4 Å². The summed E-state index contributed by atoms with van der Waals surface area (Å²) in [7, 11) is 0. The molecule has 0 aliphatic heterocycles. The summed E-state index contributed by atoms with van der Waals surface area (Å²) in [6, 6.07) is 6.82. The number of hydrogen-bond donors (Lipinski definition) is 0. The zero-order chi connectivity index (χ0) is 13.1. The van der Waals surface area contributed by atoms with Gasteiger partial charge >= 0.3 is 0 Å². The summed E-state index contributed by atoms with van der Waals surface area (Å²) in [6.45, 7) is 1.74. The van der Waals surface area contributed by atoms with Crippen molar-refractivity contribution >= 4 is 29.0 Å². The van der Waals surface area contributed by atoms with Crippen molar-refractivity contribution in [3.63, 3.8) is 0 Å². The van der Waals surface area contributed by atoms with E-state index < -0.39 is 0 Å². The first kappa shape index (κ1) is 13.0.